The van der Waals surface area contributed by atoms with Crippen LogP contribution < -0.4 is 4.74 Å². The van der Waals surface area contributed by atoms with E-state index in [2.05, 4.69) is 4.74 Å². The number of aliphatic hydroxyl groups is 1. The van der Waals surface area contributed by atoms with Crippen LogP contribution in [-0.4, -0.2) is 61.0 Å². The van der Waals surface area contributed by atoms with Gasteiger partial charge in [-0.15, -0.1) is 0 Å². The van der Waals surface area contributed by atoms with Crippen molar-refractivity contribution in [1.29, 1.82) is 0 Å². The number of benzene rings is 1. The first-order valence-electron chi connectivity index (χ1n) is 5.87. The van der Waals surface area contributed by atoms with Gasteiger partial charge in [0.2, 0.25) is 0 Å². The predicted octanol–water partition coefficient (Wildman–Crippen LogP) is -0.719. The van der Waals surface area contributed by atoms with Gasteiger partial charge in [-0.2, -0.15) is 0 Å². The Morgan fingerprint density at radius 1 is 0.875 bits per heavy atom. The van der Waals surface area contributed by atoms with Gasteiger partial charge in [0.25, 0.3) is 0 Å². The second kappa shape index (κ2) is 8.24. The van der Waals surface area contributed by atoms with Crippen LogP contribution in [0.1, 0.15) is 17.3 Å². The van der Waals surface area contributed by atoms with Crippen LogP contribution in [0.15, 0.2) is 24.3 Å². The zero-order valence-corrected chi connectivity index (χ0v) is 12.0. The molecule has 0 atom stereocenters. The van der Waals surface area contributed by atoms with E-state index in [-0.39, 0.29) is 11.3 Å². The Balaban J connectivity index is 0.000000449. The van der Waals surface area contributed by atoms with Crippen molar-refractivity contribution >= 4 is 29.8 Å². The van der Waals surface area contributed by atoms with Gasteiger partial charge in [0.1, 0.15) is 11.3 Å². The number of carbonyl (C=O) groups excluding carboxylic acids is 1. The second-order valence-electron chi connectivity index (χ2n) is 4.02. The van der Waals surface area contributed by atoms with E-state index in [0.29, 0.717) is 0 Å². The Bertz CT molecular complexity index is 640. The van der Waals surface area contributed by atoms with E-state index >= 15 is 0 Å². The summed E-state index contributed by atoms with van der Waals surface area (Å²) in [4.78, 5) is 50.9. The molecule has 0 spiro atoms. The van der Waals surface area contributed by atoms with Crippen LogP contribution in [0.5, 0.6) is 5.75 Å². The lowest BCUT2D eigenvalue weighted by Crippen LogP contribution is -2.53. The van der Waals surface area contributed by atoms with Crippen molar-refractivity contribution in [3.63, 3.8) is 0 Å². The van der Waals surface area contributed by atoms with Gasteiger partial charge in [-0.1, -0.05) is 12.1 Å². The Kier molecular flexibility index (Phi) is 7.05. The average molecular weight is 344 g/mol. The summed E-state index contributed by atoms with van der Waals surface area (Å²) >= 11 is 0. The third kappa shape index (κ3) is 5.06. The second-order valence-corrected chi connectivity index (χ2v) is 4.02. The van der Waals surface area contributed by atoms with Crippen molar-refractivity contribution in [2.45, 2.75) is 12.5 Å². The lowest BCUT2D eigenvalue weighted by atomic mass is 10.1. The Morgan fingerprint density at radius 2 is 1.29 bits per heavy atom. The smallest absolute Gasteiger partial charge is 0.359 e. The number of carboxylic acids is 4. The summed E-state index contributed by atoms with van der Waals surface area (Å²) in [5, 5.41) is 41.0. The lowest BCUT2D eigenvalue weighted by molar-refractivity contribution is -0.186. The van der Waals surface area contributed by atoms with Crippen LogP contribution in [0.3, 0.4) is 0 Å². The molecule has 130 valence electrons. The number of hydrogen-bond acceptors (Lipinski definition) is 7. The van der Waals surface area contributed by atoms with E-state index in [9.17, 15) is 24.0 Å². The normalized spacial score (nSPS) is 9.92. The molecule has 0 aliphatic carbocycles. The highest BCUT2D eigenvalue weighted by Gasteiger charge is 2.53. The van der Waals surface area contributed by atoms with Gasteiger partial charge in [0.15, 0.2) is 0 Å². The van der Waals surface area contributed by atoms with E-state index in [1.807, 2.05) is 0 Å². The van der Waals surface area contributed by atoms with Gasteiger partial charge >= 0.3 is 35.4 Å². The maximum atomic E-state index is 10.6. The number of aliphatic carboxylic acids is 3. The number of ether oxygens (including phenoxy) is 1. The molecule has 0 bridgehead atoms. The molecule has 0 saturated carbocycles. The highest BCUT2D eigenvalue weighted by molar-refractivity contribution is 6.19. The van der Waals surface area contributed by atoms with Gasteiger partial charge in [-0.3, -0.25) is 4.79 Å². The largest absolute Gasteiger partial charge is 0.478 e. The molecule has 0 unspecified atom stereocenters. The van der Waals surface area contributed by atoms with Gasteiger partial charge in [-0.25, -0.2) is 19.2 Å². The number of rotatable bonds is 5. The lowest BCUT2D eigenvalue weighted by Gasteiger charge is -2.11. The molecule has 1 aromatic carbocycles. The number of hydrogen-bond donors (Lipinski definition) is 5. The van der Waals surface area contributed by atoms with Crippen LogP contribution in [0.25, 0.3) is 0 Å². The zero-order chi connectivity index (χ0) is 19.1. The minimum Gasteiger partial charge on any atom is -0.478 e. The summed E-state index contributed by atoms with van der Waals surface area (Å²) < 4.78 is 4.69. The van der Waals surface area contributed by atoms with E-state index in [1.165, 1.54) is 19.1 Å². The zero-order valence-electron chi connectivity index (χ0n) is 12.0. The van der Waals surface area contributed by atoms with Crippen molar-refractivity contribution in [2.24, 2.45) is 0 Å². The van der Waals surface area contributed by atoms with Crippen LogP contribution in [0.4, 0.5) is 0 Å². The van der Waals surface area contributed by atoms with Gasteiger partial charge < -0.3 is 30.3 Å². The average Bonchev–Trinajstić information content (AvgIpc) is 2.45. The minimum absolute atomic E-state index is 0.0160. The summed E-state index contributed by atoms with van der Waals surface area (Å²) in [6.45, 7) is 1.22. The minimum atomic E-state index is -3.75. The van der Waals surface area contributed by atoms with Crippen molar-refractivity contribution in [1.82, 2.24) is 0 Å². The van der Waals surface area contributed by atoms with Crippen LogP contribution in [-0.2, 0) is 19.2 Å². The Labute approximate surface area is 133 Å². The molecule has 0 aliphatic heterocycles. The molecule has 24 heavy (non-hydrogen) atoms. The number of carbonyl (C=O) groups is 5. The molecule has 5 N–H and O–H groups in total. The summed E-state index contributed by atoms with van der Waals surface area (Å²) in [6, 6.07) is 5.98. The van der Waals surface area contributed by atoms with Crippen molar-refractivity contribution < 1.29 is 54.2 Å². The maximum Gasteiger partial charge on any atom is 0.359 e. The van der Waals surface area contributed by atoms with Crippen molar-refractivity contribution in [3.05, 3.63) is 29.8 Å². The molecule has 11 heteroatoms. The summed E-state index contributed by atoms with van der Waals surface area (Å²) in [6.07, 6.45) is 0. The molecular formula is C13H12O11. The Hall–Kier alpha value is -3.47. The standard InChI is InChI=1S/C9H8O4.C4H4O7/c1-6(10)13-8-5-3-2-4-7(8)9(11)12;5-1(6)4(11,2(7)8)3(9)10/h2-5H,1H3,(H,11,12);11H,(H,5,6)(H,7,8)(H,9,10). The fourth-order valence-electron chi connectivity index (χ4n) is 1.16. The highest BCUT2D eigenvalue weighted by Crippen LogP contribution is 2.17. The number of esters is 1. The first kappa shape index (κ1) is 20.5. The van der Waals surface area contributed by atoms with Crippen LogP contribution in [0, 0.1) is 0 Å². The van der Waals surface area contributed by atoms with Crippen LogP contribution in [0.2, 0.25) is 0 Å². The fraction of sp³-hybridized carbons (Fsp3) is 0.154. The van der Waals surface area contributed by atoms with Crippen molar-refractivity contribution in [3.8, 4) is 5.75 Å². The van der Waals surface area contributed by atoms with Crippen molar-refractivity contribution in [2.75, 3.05) is 0 Å². The molecule has 0 amide bonds. The molecule has 0 aliphatic rings. The first-order chi connectivity index (χ1) is 10.9. The van der Waals surface area contributed by atoms with E-state index < -0.39 is 35.4 Å². The molecule has 0 aromatic heterocycles. The third-order valence-corrected chi connectivity index (χ3v) is 2.30. The quantitative estimate of drug-likeness (QED) is 0.257. The summed E-state index contributed by atoms with van der Waals surface area (Å²) in [5.74, 6) is -8.58. The molecule has 0 fully saturated rings. The molecule has 11 nitrogen and oxygen atoms in total. The SMILES string of the molecule is CC(=O)Oc1ccccc1C(=O)O.O=C(O)C(O)(C(=O)O)C(=O)O. The topological polar surface area (TPSA) is 196 Å². The number of carboxylic acid groups (broad SMARTS) is 4. The Morgan fingerprint density at radius 3 is 1.58 bits per heavy atom. The molecule has 0 heterocycles. The van der Waals surface area contributed by atoms with Crippen LogP contribution >= 0.6 is 0 Å². The fourth-order valence-corrected chi connectivity index (χ4v) is 1.16. The monoisotopic (exact) mass is 344 g/mol. The number of aromatic carboxylic acids is 1. The van der Waals surface area contributed by atoms with Gasteiger partial charge in [0.05, 0.1) is 0 Å². The number of para-hydroxylation sites is 1. The van der Waals surface area contributed by atoms with E-state index in [4.69, 9.17) is 25.5 Å². The van der Waals surface area contributed by atoms with E-state index in [1.54, 1.807) is 12.1 Å². The highest BCUT2D eigenvalue weighted by atomic mass is 16.5. The third-order valence-electron chi connectivity index (χ3n) is 2.30. The predicted molar refractivity (Wildman–Crippen MR) is 72.6 cm³/mol. The van der Waals surface area contributed by atoms with E-state index in [0.717, 1.165) is 0 Å². The summed E-state index contributed by atoms with van der Waals surface area (Å²) in [5.41, 5.74) is -3.77. The molecule has 0 saturated heterocycles. The summed E-state index contributed by atoms with van der Waals surface area (Å²) in [7, 11) is 0. The molecular weight excluding hydrogens is 332 g/mol. The van der Waals surface area contributed by atoms with Gasteiger partial charge in [0, 0.05) is 6.92 Å². The van der Waals surface area contributed by atoms with Gasteiger partial charge in [-0.05, 0) is 12.1 Å². The molecule has 0 radical (unpaired) electrons. The first-order valence-corrected chi connectivity index (χ1v) is 5.87. The molecule has 1 aromatic rings. The maximum absolute atomic E-state index is 10.6. The molecule has 1 rings (SSSR count).